The highest BCUT2D eigenvalue weighted by Crippen LogP contribution is 2.35. The van der Waals surface area contributed by atoms with Gasteiger partial charge in [0, 0.05) is 12.1 Å². The van der Waals surface area contributed by atoms with Crippen molar-refractivity contribution in [2.45, 2.75) is 12.3 Å². The van der Waals surface area contributed by atoms with Gasteiger partial charge in [-0.25, -0.2) is 13.2 Å². The van der Waals surface area contributed by atoms with Gasteiger partial charge in [0.05, 0.1) is 5.56 Å². The molecule has 0 bridgehead atoms. The van der Waals surface area contributed by atoms with E-state index in [1.54, 1.807) is 0 Å². The van der Waals surface area contributed by atoms with E-state index in [1.807, 2.05) is 0 Å². The van der Waals surface area contributed by atoms with Gasteiger partial charge in [0.15, 0.2) is 6.10 Å². The van der Waals surface area contributed by atoms with E-state index in [2.05, 4.69) is 0 Å². The molecule has 0 aliphatic heterocycles. The fraction of sp³-hybridized carbons (Fsp3) is 0.250. The van der Waals surface area contributed by atoms with Crippen LogP contribution in [0.2, 0.25) is 0 Å². The average molecular weight is 230 g/mol. The zero-order chi connectivity index (χ0) is 11.8. The van der Waals surface area contributed by atoms with Crippen molar-refractivity contribution in [2.75, 3.05) is 0 Å². The van der Waals surface area contributed by atoms with E-state index >= 15 is 0 Å². The van der Waals surface area contributed by atoms with Crippen LogP contribution in [0.15, 0.2) is 12.1 Å². The molecular formula is C8H4F6O. The van der Waals surface area contributed by atoms with Crippen molar-refractivity contribution >= 4 is 0 Å². The molecule has 84 valence electrons. The smallest absolute Gasteiger partial charge is 0.379 e. The normalized spacial score (nSPS) is 14.1. The molecule has 0 aromatic heterocycles. The molecule has 1 aromatic carbocycles. The lowest BCUT2D eigenvalue weighted by molar-refractivity contribution is -0.208. The summed E-state index contributed by atoms with van der Waals surface area (Å²) in [6.07, 6.45) is -8.52. The Labute approximate surface area is 79.9 Å². The minimum atomic E-state index is -5.21. The third-order valence-electron chi connectivity index (χ3n) is 1.63. The molecule has 1 atom stereocenters. The molecule has 15 heavy (non-hydrogen) atoms. The van der Waals surface area contributed by atoms with Crippen LogP contribution in [0.25, 0.3) is 0 Å². The van der Waals surface area contributed by atoms with Gasteiger partial charge in [0.25, 0.3) is 0 Å². The molecule has 0 aliphatic rings. The lowest BCUT2D eigenvalue weighted by atomic mass is 10.1. The molecule has 0 amide bonds. The molecule has 1 aromatic rings. The van der Waals surface area contributed by atoms with E-state index in [0.717, 1.165) is 0 Å². The second-order valence-corrected chi connectivity index (χ2v) is 2.73. The second-order valence-electron chi connectivity index (χ2n) is 2.73. The fourth-order valence-corrected chi connectivity index (χ4v) is 0.978. The zero-order valence-electron chi connectivity index (χ0n) is 6.95. The minimum Gasteiger partial charge on any atom is -0.379 e. The third kappa shape index (κ3) is 2.41. The molecule has 0 saturated carbocycles. The van der Waals surface area contributed by atoms with E-state index in [0.29, 0.717) is 0 Å². The highest BCUT2D eigenvalue weighted by Gasteiger charge is 2.42. The quantitative estimate of drug-likeness (QED) is 0.735. The van der Waals surface area contributed by atoms with Crippen LogP contribution >= 0.6 is 0 Å². The Kier molecular flexibility index (Phi) is 2.94. The molecule has 0 heterocycles. The molecule has 0 saturated heterocycles. The molecule has 0 spiro atoms. The van der Waals surface area contributed by atoms with Crippen molar-refractivity contribution in [3.8, 4) is 0 Å². The summed E-state index contributed by atoms with van der Waals surface area (Å²) in [5.41, 5.74) is -1.61. The van der Waals surface area contributed by atoms with E-state index in [9.17, 15) is 26.3 Å². The van der Waals surface area contributed by atoms with Crippen LogP contribution in [-0.2, 0) is 0 Å². The highest BCUT2D eigenvalue weighted by molar-refractivity contribution is 5.24. The highest BCUT2D eigenvalue weighted by atomic mass is 19.4. The van der Waals surface area contributed by atoms with Crippen molar-refractivity contribution < 1.29 is 31.4 Å². The van der Waals surface area contributed by atoms with E-state index < -0.39 is 35.3 Å². The maximum atomic E-state index is 12.8. The first-order valence-electron chi connectivity index (χ1n) is 3.62. The first kappa shape index (κ1) is 11.8. The van der Waals surface area contributed by atoms with Gasteiger partial charge in [-0.1, -0.05) is 0 Å². The van der Waals surface area contributed by atoms with Crippen molar-refractivity contribution in [3.05, 3.63) is 35.1 Å². The fourth-order valence-electron chi connectivity index (χ4n) is 0.978. The van der Waals surface area contributed by atoms with Gasteiger partial charge >= 0.3 is 6.18 Å². The van der Waals surface area contributed by atoms with Gasteiger partial charge in [0.2, 0.25) is 0 Å². The van der Waals surface area contributed by atoms with Crippen LogP contribution in [0.5, 0.6) is 0 Å². The molecule has 7 heteroatoms. The van der Waals surface area contributed by atoms with Gasteiger partial charge in [-0.15, -0.1) is 0 Å². The minimum absolute atomic E-state index is 0.0629. The molecule has 1 rings (SSSR count). The second kappa shape index (κ2) is 3.73. The predicted molar refractivity (Wildman–Crippen MR) is 37.3 cm³/mol. The molecule has 1 nitrogen and oxygen atoms in total. The van der Waals surface area contributed by atoms with Crippen LogP contribution in [0.3, 0.4) is 0 Å². The van der Waals surface area contributed by atoms with Crippen molar-refractivity contribution in [2.24, 2.45) is 0 Å². The number of hydrogen-bond donors (Lipinski definition) is 1. The first-order chi connectivity index (χ1) is 6.73. The predicted octanol–water partition coefficient (Wildman–Crippen LogP) is 2.70. The van der Waals surface area contributed by atoms with Gasteiger partial charge in [-0.05, 0) is 0 Å². The number of aliphatic hydroxyl groups is 1. The summed E-state index contributed by atoms with van der Waals surface area (Å²) in [5, 5.41) is 8.58. The van der Waals surface area contributed by atoms with Crippen LogP contribution in [0.1, 0.15) is 11.7 Å². The summed E-state index contributed by atoms with van der Waals surface area (Å²) in [6.45, 7) is 0. The van der Waals surface area contributed by atoms with E-state index in [-0.39, 0.29) is 12.1 Å². The lowest BCUT2D eigenvalue weighted by Gasteiger charge is -2.15. The van der Waals surface area contributed by atoms with Gasteiger partial charge in [-0.3, -0.25) is 0 Å². The Bertz CT molecular complexity index is 349. The van der Waals surface area contributed by atoms with Crippen LogP contribution < -0.4 is 0 Å². The van der Waals surface area contributed by atoms with Crippen molar-refractivity contribution in [3.63, 3.8) is 0 Å². The SMILES string of the molecule is OC(c1c(F)cc(F)cc1F)C(F)(F)F. The van der Waals surface area contributed by atoms with Crippen molar-refractivity contribution in [1.82, 2.24) is 0 Å². The summed E-state index contributed by atoms with van der Waals surface area (Å²) in [4.78, 5) is 0. The van der Waals surface area contributed by atoms with Gasteiger partial charge < -0.3 is 5.11 Å². The largest absolute Gasteiger partial charge is 0.418 e. The van der Waals surface area contributed by atoms with Crippen LogP contribution in [0.4, 0.5) is 26.3 Å². The number of aliphatic hydroxyl groups excluding tert-OH is 1. The standard InChI is InChI=1S/C8H4F6O/c9-3-1-4(10)6(5(11)2-3)7(15)8(12,13)14/h1-2,7,15H. The maximum Gasteiger partial charge on any atom is 0.418 e. The van der Waals surface area contributed by atoms with Crippen molar-refractivity contribution in [1.29, 1.82) is 0 Å². The topological polar surface area (TPSA) is 20.2 Å². The number of halogens is 6. The Morgan fingerprint density at radius 1 is 1.00 bits per heavy atom. The Balaban J connectivity index is 3.26. The summed E-state index contributed by atoms with van der Waals surface area (Å²) in [5.74, 6) is -4.92. The average Bonchev–Trinajstić information content (AvgIpc) is 1.99. The third-order valence-corrected chi connectivity index (χ3v) is 1.63. The molecule has 0 radical (unpaired) electrons. The molecule has 0 aliphatic carbocycles. The summed E-state index contributed by atoms with van der Waals surface area (Å²) in [7, 11) is 0. The number of benzene rings is 1. The molecule has 1 N–H and O–H groups in total. The van der Waals surface area contributed by atoms with E-state index in [1.165, 1.54) is 0 Å². The monoisotopic (exact) mass is 230 g/mol. The molecule has 0 fully saturated rings. The molecule has 1 unspecified atom stereocenters. The first-order valence-corrected chi connectivity index (χ1v) is 3.62. The molecular weight excluding hydrogens is 226 g/mol. The number of alkyl halides is 3. The Morgan fingerprint density at radius 3 is 1.73 bits per heavy atom. The van der Waals surface area contributed by atoms with Crippen LogP contribution in [0, 0.1) is 17.5 Å². The van der Waals surface area contributed by atoms with Gasteiger partial charge in [-0.2, -0.15) is 13.2 Å². The Morgan fingerprint density at radius 2 is 1.40 bits per heavy atom. The van der Waals surface area contributed by atoms with E-state index in [4.69, 9.17) is 5.11 Å². The lowest BCUT2D eigenvalue weighted by Crippen LogP contribution is -2.22. The Hall–Kier alpha value is -1.24. The summed E-state index contributed by atoms with van der Waals surface area (Å²) in [6, 6.07) is 0.126. The number of rotatable bonds is 1. The van der Waals surface area contributed by atoms with Crippen LogP contribution in [-0.4, -0.2) is 11.3 Å². The number of hydrogen-bond acceptors (Lipinski definition) is 1. The zero-order valence-corrected chi connectivity index (χ0v) is 6.95. The maximum absolute atomic E-state index is 12.8. The summed E-state index contributed by atoms with van der Waals surface area (Å²) < 4.78 is 73.6. The van der Waals surface area contributed by atoms with Gasteiger partial charge in [0.1, 0.15) is 17.5 Å². The summed E-state index contributed by atoms with van der Waals surface area (Å²) >= 11 is 0.